The lowest BCUT2D eigenvalue weighted by Crippen LogP contribution is -2.45. The van der Waals surface area contributed by atoms with E-state index in [1.807, 2.05) is 24.0 Å². The van der Waals surface area contributed by atoms with Crippen LogP contribution in [0.4, 0.5) is 0 Å². The van der Waals surface area contributed by atoms with Gasteiger partial charge in [0, 0.05) is 18.5 Å². The van der Waals surface area contributed by atoms with Gasteiger partial charge in [-0.1, -0.05) is 36.6 Å². The molecular formula is C16H21ClN2O. The Bertz CT molecular complexity index is 483. The summed E-state index contributed by atoms with van der Waals surface area (Å²) >= 11 is 6.16. The summed E-state index contributed by atoms with van der Waals surface area (Å²) in [5.74, 6) is -0.00292. The minimum atomic E-state index is -0.00292. The molecule has 0 unspecified atom stereocenters. The van der Waals surface area contributed by atoms with Crippen molar-refractivity contribution in [3.05, 3.63) is 34.9 Å². The second kappa shape index (κ2) is 6.89. The van der Waals surface area contributed by atoms with Crippen molar-refractivity contribution in [1.29, 1.82) is 5.41 Å². The summed E-state index contributed by atoms with van der Waals surface area (Å²) in [5, 5.41) is 7.80. The molecule has 1 saturated carbocycles. The Morgan fingerprint density at radius 2 is 2.10 bits per heavy atom. The molecule has 1 N–H and O–H groups in total. The van der Waals surface area contributed by atoms with Crippen LogP contribution in [0.25, 0.3) is 0 Å². The quantitative estimate of drug-likeness (QED) is 0.814. The number of amides is 1. The lowest BCUT2D eigenvalue weighted by molar-refractivity contribution is 0.0603. The van der Waals surface area contributed by atoms with Crippen molar-refractivity contribution in [2.45, 2.75) is 51.1 Å². The van der Waals surface area contributed by atoms with Crippen molar-refractivity contribution in [1.82, 2.24) is 4.90 Å². The number of carbonyl (C=O) groups excluding carboxylic acids is 1. The Morgan fingerprint density at radius 3 is 2.70 bits per heavy atom. The van der Waals surface area contributed by atoms with Gasteiger partial charge in [-0.15, -0.1) is 0 Å². The summed E-state index contributed by atoms with van der Waals surface area (Å²) in [6.45, 7) is 2.01. The van der Waals surface area contributed by atoms with E-state index in [9.17, 15) is 4.79 Å². The van der Waals surface area contributed by atoms with Crippen LogP contribution in [0, 0.1) is 5.41 Å². The number of hydrogen-bond acceptors (Lipinski definition) is 2. The normalized spacial score (nSPS) is 16.9. The zero-order chi connectivity index (χ0) is 14.5. The molecule has 1 fully saturated rings. The molecule has 0 heterocycles. The smallest absolute Gasteiger partial charge is 0.255 e. The fourth-order valence-corrected chi connectivity index (χ4v) is 3.18. The molecular weight excluding hydrogens is 272 g/mol. The molecule has 1 atom stereocenters. The average Bonchev–Trinajstić information content (AvgIpc) is 2.93. The molecule has 3 nitrogen and oxygen atoms in total. The molecule has 4 heteroatoms. The van der Waals surface area contributed by atoms with E-state index in [1.165, 1.54) is 19.1 Å². The van der Waals surface area contributed by atoms with Crippen LogP contribution in [0.15, 0.2) is 24.3 Å². The van der Waals surface area contributed by atoms with Crippen LogP contribution in [-0.4, -0.2) is 29.1 Å². The molecule has 0 aliphatic heterocycles. The van der Waals surface area contributed by atoms with E-state index in [4.69, 9.17) is 17.0 Å². The Hall–Kier alpha value is -1.35. The topological polar surface area (TPSA) is 44.2 Å². The Labute approximate surface area is 125 Å². The molecule has 0 saturated heterocycles. The van der Waals surface area contributed by atoms with Crippen LogP contribution in [-0.2, 0) is 0 Å². The minimum absolute atomic E-state index is 0.00292. The highest BCUT2D eigenvalue weighted by Gasteiger charge is 2.31. The fraction of sp³-hybridized carbons (Fsp3) is 0.500. The zero-order valence-corrected chi connectivity index (χ0v) is 12.6. The lowest BCUT2D eigenvalue weighted by Gasteiger charge is -2.34. The monoisotopic (exact) mass is 292 g/mol. The number of nitrogens with zero attached hydrogens (tertiary/aromatic N) is 1. The highest BCUT2D eigenvalue weighted by molar-refractivity contribution is 6.33. The number of nitrogens with one attached hydrogen (secondary N) is 1. The van der Waals surface area contributed by atoms with Crippen LogP contribution >= 0.6 is 11.6 Å². The van der Waals surface area contributed by atoms with E-state index in [1.54, 1.807) is 12.1 Å². The van der Waals surface area contributed by atoms with Crippen molar-refractivity contribution >= 4 is 23.7 Å². The van der Waals surface area contributed by atoms with Gasteiger partial charge in [-0.25, -0.2) is 0 Å². The van der Waals surface area contributed by atoms with Crippen molar-refractivity contribution in [2.24, 2.45) is 0 Å². The van der Waals surface area contributed by atoms with Gasteiger partial charge in [0.2, 0.25) is 0 Å². The number of benzene rings is 1. The molecule has 0 bridgehead atoms. The Kier molecular flexibility index (Phi) is 5.18. The highest BCUT2D eigenvalue weighted by Crippen LogP contribution is 2.28. The van der Waals surface area contributed by atoms with Crippen molar-refractivity contribution in [3.63, 3.8) is 0 Å². The number of hydrogen-bond donors (Lipinski definition) is 1. The standard InChI is InChI=1S/C16H21ClN2O/c1-12(10-11-18)19(13-6-2-3-7-13)16(20)14-8-4-5-9-15(14)17/h4-5,8-9,11-13,18H,2-3,6-7,10H2,1H3/t12-/m0/s1. The molecule has 0 spiro atoms. The first-order valence-electron chi connectivity index (χ1n) is 7.21. The second-order valence-electron chi connectivity index (χ2n) is 5.42. The van der Waals surface area contributed by atoms with Gasteiger partial charge in [0.15, 0.2) is 0 Å². The maximum Gasteiger partial charge on any atom is 0.255 e. The van der Waals surface area contributed by atoms with Crippen LogP contribution < -0.4 is 0 Å². The lowest BCUT2D eigenvalue weighted by atomic mass is 10.1. The van der Waals surface area contributed by atoms with Crippen LogP contribution in [0.5, 0.6) is 0 Å². The minimum Gasteiger partial charge on any atom is -0.333 e. The molecule has 20 heavy (non-hydrogen) atoms. The second-order valence-corrected chi connectivity index (χ2v) is 5.83. The van der Waals surface area contributed by atoms with Crippen LogP contribution in [0.2, 0.25) is 5.02 Å². The molecule has 1 aromatic rings. The van der Waals surface area contributed by atoms with Crippen LogP contribution in [0.1, 0.15) is 49.4 Å². The average molecular weight is 293 g/mol. The number of halogens is 1. The summed E-state index contributed by atoms with van der Waals surface area (Å²) in [4.78, 5) is 14.8. The molecule has 0 radical (unpaired) electrons. The van der Waals surface area contributed by atoms with Gasteiger partial charge in [-0.2, -0.15) is 0 Å². The third kappa shape index (κ3) is 3.21. The van der Waals surface area contributed by atoms with Crippen molar-refractivity contribution in [3.8, 4) is 0 Å². The van der Waals surface area contributed by atoms with Gasteiger partial charge in [-0.3, -0.25) is 4.79 Å². The van der Waals surface area contributed by atoms with Gasteiger partial charge in [0.1, 0.15) is 0 Å². The van der Waals surface area contributed by atoms with Gasteiger partial charge in [0.05, 0.1) is 10.6 Å². The SMILES string of the molecule is C[C@@H](CC=N)N(C(=O)c1ccccc1Cl)C1CCCC1. The maximum absolute atomic E-state index is 12.8. The van der Waals surface area contributed by atoms with Gasteiger partial charge in [0.25, 0.3) is 5.91 Å². The summed E-state index contributed by atoms with van der Waals surface area (Å²) in [6.07, 6.45) is 6.43. The molecule has 1 aliphatic carbocycles. The highest BCUT2D eigenvalue weighted by atomic mass is 35.5. The van der Waals surface area contributed by atoms with Crippen molar-refractivity contribution < 1.29 is 4.79 Å². The van der Waals surface area contributed by atoms with E-state index >= 15 is 0 Å². The van der Waals surface area contributed by atoms with E-state index in [0.29, 0.717) is 17.0 Å². The Morgan fingerprint density at radius 1 is 1.45 bits per heavy atom. The Balaban J connectivity index is 2.27. The van der Waals surface area contributed by atoms with E-state index in [-0.39, 0.29) is 18.0 Å². The molecule has 1 amide bonds. The summed E-state index contributed by atoms with van der Waals surface area (Å²) < 4.78 is 0. The first kappa shape index (κ1) is 15.0. The van der Waals surface area contributed by atoms with Crippen LogP contribution in [0.3, 0.4) is 0 Å². The zero-order valence-electron chi connectivity index (χ0n) is 11.8. The van der Waals surface area contributed by atoms with E-state index < -0.39 is 0 Å². The number of carbonyl (C=O) groups is 1. The number of rotatable bonds is 5. The predicted octanol–water partition coefficient (Wildman–Crippen LogP) is 4.15. The first-order valence-corrected chi connectivity index (χ1v) is 7.59. The molecule has 2 rings (SSSR count). The molecule has 1 aliphatic rings. The third-order valence-electron chi connectivity index (χ3n) is 3.99. The van der Waals surface area contributed by atoms with Gasteiger partial charge in [-0.05, 0) is 38.1 Å². The van der Waals surface area contributed by atoms with E-state index in [0.717, 1.165) is 12.8 Å². The molecule has 108 valence electrons. The maximum atomic E-state index is 12.8. The molecule has 1 aromatic carbocycles. The van der Waals surface area contributed by atoms with Gasteiger partial charge < -0.3 is 10.3 Å². The summed E-state index contributed by atoms with van der Waals surface area (Å²) in [7, 11) is 0. The molecule has 0 aromatic heterocycles. The van der Waals surface area contributed by atoms with Gasteiger partial charge >= 0.3 is 0 Å². The largest absolute Gasteiger partial charge is 0.333 e. The third-order valence-corrected chi connectivity index (χ3v) is 4.32. The van der Waals surface area contributed by atoms with Crippen molar-refractivity contribution in [2.75, 3.05) is 0 Å². The van der Waals surface area contributed by atoms with E-state index in [2.05, 4.69) is 0 Å². The fourth-order valence-electron chi connectivity index (χ4n) is 2.97. The summed E-state index contributed by atoms with van der Waals surface area (Å²) in [6, 6.07) is 7.54. The first-order chi connectivity index (χ1) is 9.65. The summed E-state index contributed by atoms with van der Waals surface area (Å²) in [5.41, 5.74) is 0.567. The predicted molar refractivity (Wildman–Crippen MR) is 82.7 cm³/mol.